The van der Waals surface area contributed by atoms with Crippen LogP contribution in [0.2, 0.25) is 0 Å². The van der Waals surface area contributed by atoms with Gasteiger partial charge < -0.3 is 10.3 Å². The molecular formula is C17H21F2N3O. The quantitative estimate of drug-likeness (QED) is 0.890. The molecule has 1 amide bonds. The summed E-state index contributed by atoms with van der Waals surface area (Å²) < 4.78 is 25.4. The summed E-state index contributed by atoms with van der Waals surface area (Å²) in [5, 5.41) is 3.10. The van der Waals surface area contributed by atoms with E-state index in [-0.39, 0.29) is 17.3 Å². The maximum Gasteiger partial charge on any atom is 0.295 e. The number of aromatic nitrogens is 2. The van der Waals surface area contributed by atoms with Crippen molar-refractivity contribution < 1.29 is 13.6 Å². The number of carbonyl (C=O) groups excluding carboxylic acids is 1. The molecule has 1 saturated carbocycles. The van der Waals surface area contributed by atoms with Gasteiger partial charge in [0, 0.05) is 11.1 Å². The second-order valence-electron chi connectivity index (χ2n) is 6.85. The number of halogens is 2. The summed E-state index contributed by atoms with van der Waals surface area (Å²) in [6.07, 6.45) is 1.48. The number of rotatable bonds is 3. The number of hydrogen-bond donors (Lipinski definition) is 2. The first-order valence-corrected chi connectivity index (χ1v) is 7.97. The first-order valence-electron chi connectivity index (χ1n) is 7.97. The molecule has 0 spiro atoms. The van der Waals surface area contributed by atoms with Crippen molar-refractivity contribution in [2.24, 2.45) is 5.92 Å². The largest absolute Gasteiger partial charge is 0.347 e. The van der Waals surface area contributed by atoms with Crippen molar-refractivity contribution in [3.05, 3.63) is 29.6 Å². The Morgan fingerprint density at radius 3 is 2.74 bits per heavy atom. The van der Waals surface area contributed by atoms with E-state index in [1.807, 2.05) is 0 Å². The Balaban J connectivity index is 1.78. The Morgan fingerprint density at radius 2 is 2.09 bits per heavy atom. The van der Waals surface area contributed by atoms with Gasteiger partial charge >= 0.3 is 0 Å². The van der Waals surface area contributed by atoms with E-state index in [1.54, 1.807) is 18.2 Å². The molecule has 1 heterocycles. The molecule has 0 bridgehead atoms. The number of amides is 1. The molecular weight excluding hydrogens is 300 g/mol. The summed E-state index contributed by atoms with van der Waals surface area (Å²) in [6, 6.07) is 4.80. The fraction of sp³-hybridized carbons (Fsp3) is 0.529. The SMILES string of the molecule is CC1CCC(C)(NC(=O)c2ccc3nc(C(F)F)[nH]c3c2)CC1. The van der Waals surface area contributed by atoms with Crippen LogP contribution in [-0.4, -0.2) is 21.4 Å². The van der Waals surface area contributed by atoms with Crippen LogP contribution < -0.4 is 5.32 Å². The lowest BCUT2D eigenvalue weighted by Crippen LogP contribution is -2.48. The van der Waals surface area contributed by atoms with E-state index in [0.29, 0.717) is 22.5 Å². The highest BCUT2D eigenvalue weighted by molar-refractivity contribution is 5.97. The number of nitrogens with one attached hydrogen (secondary N) is 2. The smallest absolute Gasteiger partial charge is 0.295 e. The predicted octanol–water partition coefficient (Wildman–Crippen LogP) is 4.20. The number of aromatic amines is 1. The van der Waals surface area contributed by atoms with Crippen molar-refractivity contribution in [1.82, 2.24) is 15.3 Å². The molecule has 1 aromatic heterocycles. The van der Waals surface area contributed by atoms with Gasteiger partial charge in [-0.25, -0.2) is 13.8 Å². The standard InChI is InChI=1S/C17H21F2N3O/c1-10-5-7-17(2,8-6-10)22-16(23)11-3-4-12-13(9-11)21-15(20-12)14(18)19/h3-4,9-10,14H,5-8H2,1-2H3,(H,20,21)(H,22,23). The monoisotopic (exact) mass is 321 g/mol. The number of alkyl halides is 2. The van der Waals surface area contributed by atoms with Crippen LogP contribution in [0.1, 0.15) is 62.1 Å². The van der Waals surface area contributed by atoms with Crippen LogP contribution in [0, 0.1) is 5.92 Å². The molecule has 1 fully saturated rings. The molecule has 2 aromatic rings. The van der Waals surface area contributed by atoms with E-state index < -0.39 is 6.43 Å². The van der Waals surface area contributed by atoms with Crippen LogP contribution in [-0.2, 0) is 0 Å². The minimum Gasteiger partial charge on any atom is -0.347 e. The topological polar surface area (TPSA) is 57.8 Å². The third-order valence-electron chi connectivity index (χ3n) is 4.76. The van der Waals surface area contributed by atoms with Crippen LogP contribution in [0.25, 0.3) is 11.0 Å². The number of imidazole rings is 1. The highest BCUT2D eigenvalue weighted by Gasteiger charge is 2.31. The zero-order valence-electron chi connectivity index (χ0n) is 13.3. The Morgan fingerprint density at radius 1 is 1.39 bits per heavy atom. The predicted molar refractivity (Wildman–Crippen MR) is 84.6 cm³/mol. The maximum atomic E-state index is 12.7. The summed E-state index contributed by atoms with van der Waals surface area (Å²) >= 11 is 0. The first-order chi connectivity index (χ1) is 10.9. The van der Waals surface area contributed by atoms with Crippen LogP contribution in [0.4, 0.5) is 8.78 Å². The number of fused-ring (bicyclic) bond motifs is 1. The van der Waals surface area contributed by atoms with Gasteiger partial charge in [-0.1, -0.05) is 6.92 Å². The van der Waals surface area contributed by atoms with Gasteiger partial charge in [-0.2, -0.15) is 0 Å². The molecule has 0 radical (unpaired) electrons. The molecule has 2 N–H and O–H groups in total. The Hall–Kier alpha value is -1.98. The molecule has 124 valence electrons. The molecule has 0 aliphatic heterocycles. The zero-order valence-corrected chi connectivity index (χ0v) is 13.3. The minimum absolute atomic E-state index is 0.169. The Labute approximate surface area is 133 Å². The second kappa shape index (κ2) is 5.91. The van der Waals surface area contributed by atoms with Gasteiger partial charge in [0.05, 0.1) is 11.0 Å². The normalized spacial score (nSPS) is 25.0. The lowest BCUT2D eigenvalue weighted by atomic mass is 9.78. The average molecular weight is 321 g/mol. The molecule has 0 saturated heterocycles. The van der Waals surface area contributed by atoms with Gasteiger partial charge in [0.2, 0.25) is 0 Å². The number of nitrogens with zero attached hydrogens (tertiary/aromatic N) is 1. The summed E-state index contributed by atoms with van der Waals surface area (Å²) in [4.78, 5) is 18.9. The minimum atomic E-state index is -2.65. The third kappa shape index (κ3) is 3.35. The number of H-pyrrole nitrogens is 1. The highest BCUT2D eigenvalue weighted by atomic mass is 19.3. The van der Waals surface area contributed by atoms with Crippen LogP contribution in [0.3, 0.4) is 0 Å². The van der Waals surface area contributed by atoms with Crippen LogP contribution in [0.5, 0.6) is 0 Å². The van der Waals surface area contributed by atoms with Gasteiger partial charge in [-0.05, 0) is 56.7 Å². The fourth-order valence-electron chi connectivity index (χ4n) is 3.14. The molecule has 1 aliphatic carbocycles. The fourth-order valence-corrected chi connectivity index (χ4v) is 3.14. The number of hydrogen-bond acceptors (Lipinski definition) is 2. The maximum absolute atomic E-state index is 12.7. The molecule has 0 unspecified atom stereocenters. The van der Waals surface area contributed by atoms with Crippen molar-refractivity contribution in [1.29, 1.82) is 0 Å². The van der Waals surface area contributed by atoms with Crippen molar-refractivity contribution in [3.63, 3.8) is 0 Å². The molecule has 1 aromatic carbocycles. The van der Waals surface area contributed by atoms with Crippen molar-refractivity contribution >= 4 is 16.9 Å². The van der Waals surface area contributed by atoms with E-state index in [2.05, 4.69) is 29.1 Å². The van der Waals surface area contributed by atoms with Crippen LogP contribution in [0.15, 0.2) is 18.2 Å². The van der Waals surface area contributed by atoms with Crippen LogP contribution >= 0.6 is 0 Å². The molecule has 23 heavy (non-hydrogen) atoms. The summed E-state index contributed by atoms with van der Waals surface area (Å²) in [6.45, 7) is 4.30. The van der Waals surface area contributed by atoms with Crippen molar-refractivity contribution in [2.45, 2.75) is 51.5 Å². The van der Waals surface area contributed by atoms with Crippen molar-refractivity contribution in [2.75, 3.05) is 0 Å². The van der Waals surface area contributed by atoms with Gasteiger partial charge in [0.15, 0.2) is 5.82 Å². The molecule has 6 heteroatoms. The Bertz CT molecular complexity index is 718. The molecule has 4 nitrogen and oxygen atoms in total. The molecule has 1 aliphatic rings. The number of carbonyl (C=O) groups is 1. The summed E-state index contributed by atoms with van der Waals surface area (Å²) in [5.41, 5.74) is 1.16. The number of benzene rings is 1. The van der Waals surface area contributed by atoms with Gasteiger partial charge in [0.1, 0.15) is 0 Å². The van der Waals surface area contributed by atoms with E-state index in [9.17, 15) is 13.6 Å². The van der Waals surface area contributed by atoms with E-state index in [0.717, 1.165) is 25.7 Å². The third-order valence-corrected chi connectivity index (χ3v) is 4.76. The second-order valence-corrected chi connectivity index (χ2v) is 6.85. The van der Waals surface area contributed by atoms with Gasteiger partial charge in [-0.15, -0.1) is 0 Å². The van der Waals surface area contributed by atoms with Crippen molar-refractivity contribution in [3.8, 4) is 0 Å². The summed E-state index contributed by atoms with van der Waals surface area (Å²) in [5.74, 6) is 0.164. The van der Waals surface area contributed by atoms with Gasteiger partial charge in [-0.3, -0.25) is 4.79 Å². The lowest BCUT2D eigenvalue weighted by molar-refractivity contribution is 0.0870. The Kier molecular flexibility index (Phi) is 4.08. The van der Waals surface area contributed by atoms with E-state index in [4.69, 9.17) is 0 Å². The van der Waals surface area contributed by atoms with Gasteiger partial charge in [0.25, 0.3) is 12.3 Å². The highest BCUT2D eigenvalue weighted by Crippen LogP contribution is 2.31. The zero-order chi connectivity index (χ0) is 16.6. The van der Waals surface area contributed by atoms with E-state index in [1.165, 1.54) is 0 Å². The molecule has 0 atom stereocenters. The molecule has 3 rings (SSSR count). The van der Waals surface area contributed by atoms with E-state index >= 15 is 0 Å². The summed E-state index contributed by atoms with van der Waals surface area (Å²) in [7, 11) is 0. The lowest BCUT2D eigenvalue weighted by Gasteiger charge is -2.37. The first kappa shape index (κ1) is 15.9. The average Bonchev–Trinajstić information content (AvgIpc) is 2.94.